The van der Waals surface area contributed by atoms with E-state index in [0.29, 0.717) is 6.04 Å². The Kier molecular flexibility index (Phi) is 2.90. The van der Waals surface area contributed by atoms with Crippen molar-refractivity contribution in [2.45, 2.75) is 51.1 Å². The SMILES string of the molecule is CC(C)n1ncc(Br)c1CCC1(N)CC1. The van der Waals surface area contributed by atoms with Gasteiger partial charge >= 0.3 is 0 Å². The Balaban J connectivity index is 2.08. The van der Waals surface area contributed by atoms with Crippen LogP contribution >= 0.6 is 15.9 Å². The molecule has 4 heteroatoms. The Labute approximate surface area is 99.2 Å². The number of hydrogen-bond acceptors (Lipinski definition) is 2. The van der Waals surface area contributed by atoms with E-state index in [1.54, 1.807) is 0 Å². The first kappa shape index (κ1) is 11.1. The lowest BCUT2D eigenvalue weighted by atomic mass is 10.1. The van der Waals surface area contributed by atoms with E-state index in [1.807, 2.05) is 6.20 Å². The molecule has 0 aromatic carbocycles. The maximum atomic E-state index is 6.09. The van der Waals surface area contributed by atoms with Crippen molar-refractivity contribution in [1.29, 1.82) is 0 Å². The van der Waals surface area contributed by atoms with Gasteiger partial charge in [-0.15, -0.1) is 0 Å². The molecule has 1 heterocycles. The average Bonchev–Trinajstić information content (AvgIpc) is 2.76. The van der Waals surface area contributed by atoms with Gasteiger partial charge in [0.1, 0.15) is 0 Å². The highest BCUT2D eigenvalue weighted by atomic mass is 79.9. The average molecular weight is 272 g/mol. The van der Waals surface area contributed by atoms with Crippen molar-refractivity contribution in [1.82, 2.24) is 9.78 Å². The minimum Gasteiger partial charge on any atom is -0.325 e. The van der Waals surface area contributed by atoms with Gasteiger partial charge in [-0.05, 0) is 55.5 Å². The molecule has 0 saturated heterocycles. The van der Waals surface area contributed by atoms with Crippen LogP contribution in [0.2, 0.25) is 0 Å². The molecule has 0 atom stereocenters. The summed E-state index contributed by atoms with van der Waals surface area (Å²) in [6.07, 6.45) is 6.34. The quantitative estimate of drug-likeness (QED) is 0.915. The van der Waals surface area contributed by atoms with E-state index >= 15 is 0 Å². The summed E-state index contributed by atoms with van der Waals surface area (Å²) < 4.78 is 3.19. The molecule has 0 bridgehead atoms. The minimum atomic E-state index is 0.130. The molecule has 0 spiro atoms. The fraction of sp³-hybridized carbons (Fsp3) is 0.727. The Bertz CT molecular complexity index is 353. The van der Waals surface area contributed by atoms with Crippen LogP contribution in [-0.4, -0.2) is 15.3 Å². The van der Waals surface area contributed by atoms with Crippen molar-refractivity contribution in [3.63, 3.8) is 0 Å². The van der Waals surface area contributed by atoms with Gasteiger partial charge in [0.15, 0.2) is 0 Å². The molecule has 2 N–H and O–H groups in total. The largest absolute Gasteiger partial charge is 0.325 e. The van der Waals surface area contributed by atoms with E-state index in [0.717, 1.165) is 17.3 Å². The summed E-state index contributed by atoms with van der Waals surface area (Å²) in [5, 5.41) is 4.37. The van der Waals surface area contributed by atoms with Gasteiger partial charge < -0.3 is 5.73 Å². The van der Waals surface area contributed by atoms with Crippen LogP contribution < -0.4 is 5.73 Å². The van der Waals surface area contributed by atoms with Crippen molar-refractivity contribution >= 4 is 15.9 Å². The second kappa shape index (κ2) is 3.91. The third-order valence-corrected chi connectivity index (χ3v) is 3.75. The van der Waals surface area contributed by atoms with Crippen LogP contribution in [0.1, 0.15) is 44.8 Å². The lowest BCUT2D eigenvalue weighted by Crippen LogP contribution is -2.23. The van der Waals surface area contributed by atoms with Crippen LogP contribution in [0, 0.1) is 0 Å². The molecule has 0 unspecified atom stereocenters. The van der Waals surface area contributed by atoms with Gasteiger partial charge in [0.2, 0.25) is 0 Å². The van der Waals surface area contributed by atoms with Crippen LogP contribution in [0.25, 0.3) is 0 Å². The molecule has 3 nitrogen and oxygen atoms in total. The highest BCUT2D eigenvalue weighted by Crippen LogP contribution is 2.37. The van der Waals surface area contributed by atoms with Crippen molar-refractivity contribution in [2.24, 2.45) is 5.73 Å². The lowest BCUT2D eigenvalue weighted by Gasteiger charge is -2.13. The summed E-state index contributed by atoms with van der Waals surface area (Å²) in [4.78, 5) is 0. The third-order valence-electron chi connectivity index (χ3n) is 3.09. The molecule has 2 rings (SSSR count). The molecule has 0 radical (unpaired) electrons. The zero-order chi connectivity index (χ0) is 11.1. The molecular formula is C11H18BrN3. The number of aromatic nitrogens is 2. The smallest absolute Gasteiger partial charge is 0.0635 e. The zero-order valence-electron chi connectivity index (χ0n) is 9.33. The summed E-state index contributed by atoms with van der Waals surface area (Å²) >= 11 is 3.55. The summed E-state index contributed by atoms with van der Waals surface area (Å²) in [6.45, 7) is 4.30. The fourth-order valence-electron chi connectivity index (χ4n) is 1.82. The Morgan fingerprint density at radius 3 is 2.80 bits per heavy atom. The topological polar surface area (TPSA) is 43.8 Å². The number of nitrogens with zero attached hydrogens (tertiary/aromatic N) is 2. The molecule has 1 aliphatic rings. The van der Waals surface area contributed by atoms with Gasteiger partial charge in [0.05, 0.1) is 16.4 Å². The highest BCUT2D eigenvalue weighted by molar-refractivity contribution is 9.10. The summed E-state index contributed by atoms with van der Waals surface area (Å²) in [7, 11) is 0. The van der Waals surface area contributed by atoms with Gasteiger partial charge in [-0.3, -0.25) is 4.68 Å². The predicted octanol–water partition coefficient (Wildman–Crippen LogP) is 2.65. The van der Waals surface area contributed by atoms with Crippen molar-refractivity contribution < 1.29 is 0 Å². The molecule has 1 saturated carbocycles. The number of halogens is 1. The fourth-order valence-corrected chi connectivity index (χ4v) is 2.29. The monoisotopic (exact) mass is 271 g/mol. The molecule has 1 fully saturated rings. The van der Waals surface area contributed by atoms with Crippen LogP contribution in [0.15, 0.2) is 10.7 Å². The van der Waals surface area contributed by atoms with E-state index in [1.165, 1.54) is 18.5 Å². The van der Waals surface area contributed by atoms with Crippen LogP contribution in [0.5, 0.6) is 0 Å². The number of nitrogens with two attached hydrogens (primary N) is 1. The Morgan fingerprint density at radius 2 is 2.27 bits per heavy atom. The van der Waals surface area contributed by atoms with Gasteiger partial charge in [-0.2, -0.15) is 5.10 Å². The summed E-state index contributed by atoms with van der Waals surface area (Å²) in [5.41, 5.74) is 7.50. The highest BCUT2D eigenvalue weighted by Gasteiger charge is 2.37. The molecule has 1 aromatic rings. The summed E-state index contributed by atoms with van der Waals surface area (Å²) in [5.74, 6) is 0. The first-order valence-corrected chi connectivity index (χ1v) is 6.32. The molecule has 15 heavy (non-hydrogen) atoms. The first-order valence-electron chi connectivity index (χ1n) is 5.53. The van der Waals surface area contributed by atoms with Gasteiger partial charge in [0, 0.05) is 11.6 Å². The van der Waals surface area contributed by atoms with E-state index in [2.05, 4.69) is 39.6 Å². The maximum absolute atomic E-state index is 6.09. The number of rotatable bonds is 4. The predicted molar refractivity (Wildman–Crippen MR) is 64.8 cm³/mol. The van der Waals surface area contributed by atoms with Gasteiger partial charge in [0.25, 0.3) is 0 Å². The lowest BCUT2D eigenvalue weighted by molar-refractivity contribution is 0.492. The first-order chi connectivity index (χ1) is 7.02. The van der Waals surface area contributed by atoms with Crippen molar-refractivity contribution in [3.8, 4) is 0 Å². The number of hydrogen-bond donors (Lipinski definition) is 1. The van der Waals surface area contributed by atoms with Crippen LogP contribution in [0.4, 0.5) is 0 Å². The third kappa shape index (κ3) is 2.42. The Morgan fingerprint density at radius 1 is 1.60 bits per heavy atom. The molecule has 0 amide bonds. The van der Waals surface area contributed by atoms with E-state index in [4.69, 9.17) is 5.73 Å². The van der Waals surface area contributed by atoms with Crippen molar-refractivity contribution in [3.05, 3.63) is 16.4 Å². The zero-order valence-corrected chi connectivity index (χ0v) is 10.9. The minimum absolute atomic E-state index is 0.130. The van der Waals surface area contributed by atoms with Crippen LogP contribution in [0.3, 0.4) is 0 Å². The van der Waals surface area contributed by atoms with Crippen LogP contribution in [-0.2, 0) is 6.42 Å². The molecule has 84 valence electrons. The van der Waals surface area contributed by atoms with E-state index < -0.39 is 0 Å². The van der Waals surface area contributed by atoms with E-state index in [9.17, 15) is 0 Å². The van der Waals surface area contributed by atoms with E-state index in [-0.39, 0.29) is 5.54 Å². The summed E-state index contributed by atoms with van der Waals surface area (Å²) in [6, 6.07) is 0.416. The standard InChI is InChI=1S/C11H18BrN3/c1-8(2)15-10(9(12)7-14-15)3-4-11(13)5-6-11/h7-8H,3-6,13H2,1-2H3. The molecule has 0 aliphatic heterocycles. The van der Waals surface area contributed by atoms with Gasteiger partial charge in [-0.25, -0.2) is 0 Å². The van der Waals surface area contributed by atoms with Crippen molar-refractivity contribution in [2.75, 3.05) is 0 Å². The van der Waals surface area contributed by atoms with Gasteiger partial charge in [-0.1, -0.05) is 0 Å². The normalized spacial score (nSPS) is 18.5. The molecule has 1 aliphatic carbocycles. The molecular weight excluding hydrogens is 254 g/mol. The molecule has 1 aromatic heterocycles. The second-order valence-electron chi connectivity index (χ2n) is 4.84. The maximum Gasteiger partial charge on any atom is 0.0635 e. The Hall–Kier alpha value is -0.350. The second-order valence-corrected chi connectivity index (χ2v) is 5.69.